The first-order chi connectivity index (χ1) is 8.80. The molecule has 2 rings (SSSR count). The molecule has 0 amide bonds. The van der Waals surface area contributed by atoms with Gasteiger partial charge in [-0.3, -0.25) is 0 Å². The quantitative estimate of drug-likeness (QED) is 0.573. The molecule has 0 fully saturated rings. The van der Waals surface area contributed by atoms with Crippen LogP contribution in [-0.2, 0) is 11.4 Å². The summed E-state index contributed by atoms with van der Waals surface area (Å²) < 4.78 is 0.519. The molecule has 0 aromatic heterocycles. The highest BCUT2D eigenvalue weighted by molar-refractivity contribution is 5.41. The first kappa shape index (κ1) is 12.8. The summed E-state index contributed by atoms with van der Waals surface area (Å²) in [6.07, 6.45) is 0. The lowest BCUT2D eigenvalue weighted by Crippen LogP contribution is -2.47. The molecule has 0 bridgehead atoms. The van der Waals surface area contributed by atoms with E-state index in [4.69, 9.17) is 4.84 Å². The monoisotopic (exact) mass is 242 g/mol. The first-order valence-electron chi connectivity index (χ1n) is 6.33. The van der Waals surface area contributed by atoms with Crippen LogP contribution in [0.25, 0.3) is 0 Å². The fraction of sp³-hybridized carbons (Fsp3) is 0.250. The van der Waals surface area contributed by atoms with Gasteiger partial charge in [0.25, 0.3) is 0 Å². The van der Waals surface area contributed by atoms with E-state index >= 15 is 0 Å². The van der Waals surface area contributed by atoms with Crippen molar-refractivity contribution in [3.8, 4) is 0 Å². The van der Waals surface area contributed by atoms with Crippen LogP contribution in [0.15, 0.2) is 60.7 Å². The van der Waals surface area contributed by atoms with E-state index in [2.05, 4.69) is 55.5 Å². The van der Waals surface area contributed by atoms with Gasteiger partial charge >= 0.3 is 0 Å². The average molecular weight is 242 g/mol. The van der Waals surface area contributed by atoms with E-state index in [-0.39, 0.29) is 0 Å². The maximum atomic E-state index is 5.81. The SMILES string of the molecule is CC[N+](Cc1ccccc1)(OC)c1ccccc1. The van der Waals surface area contributed by atoms with Crippen LogP contribution in [0.1, 0.15) is 12.5 Å². The summed E-state index contributed by atoms with van der Waals surface area (Å²) in [5, 5.41) is 0. The van der Waals surface area contributed by atoms with Crippen LogP contribution >= 0.6 is 0 Å². The highest BCUT2D eigenvalue weighted by Gasteiger charge is 2.29. The molecule has 18 heavy (non-hydrogen) atoms. The van der Waals surface area contributed by atoms with E-state index in [0.29, 0.717) is 4.65 Å². The van der Waals surface area contributed by atoms with E-state index in [0.717, 1.165) is 13.1 Å². The maximum absolute atomic E-state index is 5.81. The molecule has 94 valence electrons. The van der Waals surface area contributed by atoms with Crippen LogP contribution in [-0.4, -0.2) is 13.7 Å². The molecule has 1 atom stereocenters. The van der Waals surface area contributed by atoms with E-state index in [1.54, 1.807) is 7.11 Å². The highest BCUT2D eigenvalue weighted by atomic mass is 16.7. The first-order valence-corrected chi connectivity index (χ1v) is 6.33. The zero-order chi connectivity index (χ0) is 12.8. The zero-order valence-electron chi connectivity index (χ0n) is 11.0. The third kappa shape index (κ3) is 2.61. The van der Waals surface area contributed by atoms with E-state index in [1.807, 2.05) is 12.1 Å². The molecular formula is C16H20NO+. The Morgan fingerprint density at radius 3 is 1.94 bits per heavy atom. The average Bonchev–Trinajstić information content (AvgIpc) is 2.47. The third-order valence-corrected chi connectivity index (χ3v) is 3.37. The van der Waals surface area contributed by atoms with Gasteiger partial charge in [-0.05, 0) is 6.92 Å². The van der Waals surface area contributed by atoms with Crippen molar-refractivity contribution in [2.75, 3.05) is 13.7 Å². The molecule has 0 N–H and O–H groups in total. The Balaban J connectivity index is 2.33. The van der Waals surface area contributed by atoms with E-state index in [9.17, 15) is 0 Å². The Morgan fingerprint density at radius 2 is 1.44 bits per heavy atom. The molecule has 2 aromatic carbocycles. The van der Waals surface area contributed by atoms with Crippen LogP contribution in [0, 0.1) is 0 Å². The predicted molar refractivity (Wildman–Crippen MR) is 75.9 cm³/mol. The Morgan fingerprint density at radius 1 is 0.889 bits per heavy atom. The van der Waals surface area contributed by atoms with Crippen molar-refractivity contribution in [1.82, 2.24) is 4.65 Å². The fourth-order valence-corrected chi connectivity index (χ4v) is 2.26. The van der Waals surface area contributed by atoms with Gasteiger partial charge in [0.1, 0.15) is 13.1 Å². The van der Waals surface area contributed by atoms with Crippen LogP contribution in [0.3, 0.4) is 0 Å². The van der Waals surface area contributed by atoms with Gasteiger partial charge in [0, 0.05) is 17.7 Å². The molecule has 0 saturated heterocycles. The van der Waals surface area contributed by atoms with Gasteiger partial charge in [0.2, 0.25) is 0 Å². The Bertz CT molecular complexity index is 463. The molecule has 0 radical (unpaired) electrons. The van der Waals surface area contributed by atoms with Crippen LogP contribution in [0.2, 0.25) is 0 Å². The minimum absolute atomic E-state index is 0.519. The summed E-state index contributed by atoms with van der Waals surface area (Å²) in [6.45, 7) is 3.90. The zero-order valence-corrected chi connectivity index (χ0v) is 11.0. The minimum Gasteiger partial charge on any atom is -0.201 e. The molecule has 1 unspecified atom stereocenters. The van der Waals surface area contributed by atoms with Crippen molar-refractivity contribution >= 4 is 5.69 Å². The second kappa shape index (κ2) is 5.80. The van der Waals surface area contributed by atoms with Gasteiger partial charge in [-0.25, -0.2) is 4.84 Å². The normalized spacial score (nSPS) is 14.1. The number of nitrogens with zero attached hydrogens (tertiary/aromatic N) is 1. The fourth-order valence-electron chi connectivity index (χ4n) is 2.26. The van der Waals surface area contributed by atoms with Crippen molar-refractivity contribution in [2.45, 2.75) is 13.5 Å². The van der Waals surface area contributed by atoms with Crippen LogP contribution in [0.4, 0.5) is 5.69 Å². The van der Waals surface area contributed by atoms with Gasteiger partial charge in [-0.15, -0.1) is 4.65 Å². The van der Waals surface area contributed by atoms with Crippen molar-refractivity contribution in [2.24, 2.45) is 0 Å². The van der Waals surface area contributed by atoms with Gasteiger partial charge < -0.3 is 0 Å². The number of hydrogen-bond acceptors (Lipinski definition) is 1. The highest BCUT2D eigenvalue weighted by Crippen LogP contribution is 2.25. The summed E-state index contributed by atoms with van der Waals surface area (Å²) in [5.74, 6) is 0. The maximum Gasteiger partial charge on any atom is 0.165 e. The smallest absolute Gasteiger partial charge is 0.165 e. The molecule has 2 heteroatoms. The second-order valence-corrected chi connectivity index (χ2v) is 4.37. The lowest BCUT2D eigenvalue weighted by Gasteiger charge is -2.32. The summed E-state index contributed by atoms with van der Waals surface area (Å²) in [4.78, 5) is 5.81. The number of hydroxylamine groups is 2. The molecule has 2 nitrogen and oxygen atoms in total. The molecule has 0 heterocycles. The summed E-state index contributed by atoms with van der Waals surface area (Å²) in [5.41, 5.74) is 2.47. The van der Waals surface area contributed by atoms with Gasteiger partial charge in [-0.2, -0.15) is 0 Å². The van der Waals surface area contributed by atoms with Gasteiger partial charge in [-0.1, -0.05) is 48.5 Å². The molecule has 0 spiro atoms. The topological polar surface area (TPSA) is 9.23 Å². The predicted octanol–water partition coefficient (Wildman–Crippen LogP) is 3.78. The van der Waals surface area contributed by atoms with Gasteiger partial charge in [0.15, 0.2) is 5.69 Å². The standard InChI is InChI=1S/C16H20NO/c1-3-17(18-2,16-12-8-5-9-13-16)14-15-10-6-4-7-11-15/h4-13H,3,14H2,1-2H3/q+1. The third-order valence-electron chi connectivity index (χ3n) is 3.37. The molecule has 0 aliphatic carbocycles. The molecule has 0 aliphatic rings. The summed E-state index contributed by atoms with van der Waals surface area (Å²) in [6, 6.07) is 20.9. The Kier molecular flexibility index (Phi) is 4.13. The number of para-hydroxylation sites is 1. The largest absolute Gasteiger partial charge is 0.201 e. The summed E-state index contributed by atoms with van der Waals surface area (Å²) >= 11 is 0. The van der Waals surface area contributed by atoms with Crippen molar-refractivity contribution in [1.29, 1.82) is 0 Å². The molecule has 2 aromatic rings. The van der Waals surface area contributed by atoms with Crippen molar-refractivity contribution in [3.63, 3.8) is 0 Å². The van der Waals surface area contributed by atoms with Crippen molar-refractivity contribution < 1.29 is 4.84 Å². The molecular weight excluding hydrogens is 222 g/mol. The number of quaternary nitrogens is 1. The Hall–Kier alpha value is -1.64. The lowest BCUT2D eigenvalue weighted by atomic mass is 10.2. The number of benzene rings is 2. The van der Waals surface area contributed by atoms with Crippen LogP contribution < -0.4 is 4.65 Å². The van der Waals surface area contributed by atoms with Crippen molar-refractivity contribution in [3.05, 3.63) is 66.2 Å². The second-order valence-electron chi connectivity index (χ2n) is 4.37. The lowest BCUT2D eigenvalue weighted by molar-refractivity contribution is -0.124. The minimum atomic E-state index is 0.519. The molecule has 0 saturated carbocycles. The Labute approximate surface area is 109 Å². The summed E-state index contributed by atoms with van der Waals surface area (Å²) in [7, 11) is 1.78. The number of rotatable bonds is 5. The number of hydrogen-bond donors (Lipinski definition) is 0. The van der Waals surface area contributed by atoms with E-state index < -0.39 is 0 Å². The van der Waals surface area contributed by atoms with Gasteiger partial charge in [0.05, 0.1) is 7.11 Å². The van der Waals surface area contributed by atoms with E-state index in [1.165, 1.54) is 11.3 Å². The molecule has 0 aliphatic heterocycles. The van der Waals surface area contributed by atoms with Crippen LogP contribution in [0.5, 0.6) is 0 Å².